The molecular weight excluding hydrogens is 192 g/mol. The second-order valence-corrected chi connectivity index (χ2v) is 3.18. The van der Waals surface area contributed by atoms with Crippen LogP contribution in [-0.4, -0.2) is 9.97 Å². The number of nitrogens with two attached hydrogens (primary N) is 1. The van der Waals surface area contributed by atoms with Gasteiger partial charge in [-0.1, -0.05) is 0 Å². The number of anilines is 2. The molecule has 3 N–H and O–H groups in total. The number of aryl methyl sites for hydroxylation is 1. The fraction of sp³-hybridized carbons (Fsp3) is 0.200. The third-order valence-electron chi connectivity index (χ3n) is 1.95. The Hall–Kier alpha value is -2.04. The van der Waals surface area contributed by atoms with Crippen LogP contribution in [0.2, 0.25) is 0 Å². The molecule has 0 aliphatic rings. The number of hydrogen-bond donors (Lipinski definition) is 2. The van der Waals surface area contributed by atoms with Gasteiger partial charge in [-0.3, -0.25) is 4.98 Å². The van der Waals surface area contributed by atoms with Crippen molar-refractivity contribution in [3.05, 3.63) is 36.3 Å². The van der Waals surface area contributed by atoms with Gasteiger partial charge in [-0.15, -0.1) is 0 Å². The van der Waals surface area contributed by atoms with Crippen molar-refractivity contribution >= 4 is 11.4 Å². The van der Waals surface area contributed by atoms with Crippen molar-refractivity contribution in [3.63, 3.8) is 0 Å². The Balaban J connectivity index is 2.02. The van der Waals surface area contributed by atoms with Crippen molar-refractivity contribution in [1.29, 1.82) is 0 Å². The summed E-state index contributed by atoms with van der Waals surface area (Å²) in [6.45, 7) is 2.37. The van der Waals surface area contributed by atoms with E-state index >= 15 is 0 Å². The molecule has 0 amide bonds. The molecule has 0 aromatic carbocycles. The van der Waals surface area contributed by atoms with E-state index in [1.165, 1.54) is 0 Å². The molecule has 5 heteroatoms. The van der Waals surface area contributed by atoms with Gasteiger partial charge in [0.15, 0.2) is 0 Å². The van der Waals surface area contributed by atoms with Crippen LogP contribution in [0.3, 0.4) is 0 Å². The first-order valence-electron chi connectivity index (χ1n) is 4.60. The lowest BCUT2D eigenvalue weighted by molar-refractivity contribution is 0.479. The van der Waals surface area contributed by atoms with Crippen LogP contribution in [0.1, 0.15) is 11.7 Å². The molecule has 0 fully saturated rings. The van der Waals surface area contributed by atoms with E-state index in [1.54, 1.807) is 18.6 Å². The number of aromatic nitrogens is 2. The molecule has 0 saturated carbocycles. The molecule has 0 bridgehead atoms. The molecule has 2 aromatic rings. The Labute approximate surface area is 87.3 Å². The van der Waals surface area contributed by atoms with E-state index in [-0.39, 0.29) is 0 Å². The van der Waals surface area contributed by atoms with Crippen LogP contribution in [-0.2, 0) is 6.54 Å². The van der Waals surface area contributed by atoms with Crippen molar-refractivity contribution in [1.82, 2.24) is 9.97 Å². The molecule has 0 atom stereocenters. The van der Waals surface area contributed by atoms with Gasteiger partial charge in [0.25, 0.3) is 0 Å². The molecule has 0 spiro atoms. The highest BCUT2D eigenvalue weighted by atomic mass is 16.4. The Morgan fingerprint density at radius 1 is 1.47 bits per heavy atom. The first-order chi connectivity index (χ1) is 7.25. The maximum Gasteiger partial charge on any atom is 0.213 e. The predicted molar refractivity (Wildman–Crippen MR) is 57.2 cm³/mol. The Morgan fingerprint density at radius 3 is 3.00 bits per heavy atom. The topological polar surface area (TPSA) is 77.0 Å². The molecule has 2 aromatic heterocycles. The monoisotopic (exact) mass is 204 g/mol. The van der Waals surface area contributed by atoms with E-state index in [0.29, 0.717) is 18.1 Å². The number of nitrogen functional groups attached to an aromatic ring is 1. The lowest BCUT2D eigenvalue weighted by Crippen LogP contribution is -2.02. The van der Waals surface area contributed by atoms with Gasteiger partial charge in [-0.25, -0.2) is 4.98 Å². The third kappa shape index (κ3) is 2.25. The van der Waals surface area contributed by atoms with Crippen LogP contribution in [0.15, 0.2) is 29.1 Å². The summed E-state index contributed by atoms with van der Waals surface area (Å²) in [5.41, 5.74) is 7.16. The minimum absolute atomic E-state index is 0.516. The van der Waals surface area contributed by atoms with Crippen molar-refractivity contribution in [2.45, 2.75) is 13.5 Å². The van der Waals surface area contributed by atoms with Crippen LogP contribution < -0.4 is 11.1 Å². The maximum absolute atomic E-state index is 5.71. The molecule has 0 unspecified atom stereocenters. The largest absolute Gasteiger partial charge is 0.444 e. The number of oxazole rings is 1. The highest BCUT2D eigenvalue weighted by molar-refractivity contribution is 5.63. The van der Waals surface area contributed by atoms with Crippen molar-refractivity contribution < 1.29 is 4.42 Å². The van der Waals surface area contributed by atoms with Gasteiger partial charge in [-0.05, 0) is 13.0 Å². The van der Waals surface area contributed by atoms with E-state index in [9.17, 15) is 0 Å². The van der Waals surface area contributed by atoms with Gasteiger partial charge >= 0.3 is 0 Å². The minimum atomic E-state index is 0.516. The second-order valence-electron chi connectivity index (χ2n) is 3.18. The Kier molecular flexibility index (Phi) is 2.53. The average Bonchev–Trinajstić information content (AvgIpc) is 2.63. The number of rotatable bonds is 3. The van der Waals surface area contributed by atoms with Crippen LogP contribution in [0, 0.1) is 6.92 Å². The molecule has 78 valence electrons. The fourth-order valence-corrected chi connectivity index (χ4v) is 1.22. The molecular formula is C10H12N4O. The lowest BCUT2D eigenvalue weighted by Gasteiger charge is -2.05. The minimum Gasteiger partial charge on any atom is -0.444 e. The van der Waals surface area contributed by atoms with Gasteiger partial charge in [-0.2, -0.15) is 0 Å². The van der Waals surface area contributed by atoms with Gasteiger partial charge in [0.05, 0.1) is 30.3 Å². The first-order valence-corrected chi connectivity index (χ1v) is 4.60. The zero-order valence-electron chi connectivity index (χ0n) is 8.40. The number of nitrogens with one attached hydrogen (secondary N) is 1. The number of pyridine rings is 1. The van der Waals surface area contributed by atoms with Crippen molar-refractivity contribution in [3.8, 4) is 0 Å². The summed E-state index contributed by atoms with van der Waals surface area (Å²) >= 11 is 0. The van der Waals surface area contributed by atoms with Crippen molar-refractivity contribution in [2.75, 3.05) is 11.1 Å². The van der Waals surface area contributed by atoms with Crippen LogP contribution >= 0.6 is 0 Å². The van der Waals surface area contributed by atoms with E-state index in [0.717, 1.165) is 11.4 Å². The molecule has 0 saturated heterocycles. The molecule has 2 rings (SSSR count). The van der Waals surface area contributed by atoms with Gasteiger partial charge in [0.2, 0.25) is 5.89 Å². The lowest BCUT2D eigenvalue weighted by atomic mass is 10.3. The van der Waals surface area contributed by atoms with E-state index in [4.69, 9.17) is 10.2 Å². The fourth-order valence-electron chi connectivity index (χ4n) is 1.22. The summed E-state index contributed by atoms with van der Waals surface area (Å²) in [4.78, 5) is 7.97. The summed E-state index contributed by atoms with van der Waals surface area (Å²) in [5, 5.41) is 3.12. The number of hydrogen-bond acceptors (Lipinski definition) is 5. The van der Waals surface area contributed by atoms with Gasteiger partial charge in [0.1, 0.15) is 5.76 Å². The van der Waals surface area contributed by atoms with Crippen molar-refractivity contribution in [2.24, 2.45) is 0 Å². The molecule has 0 aliphatic heterocycles. The standard InChI is InChI=1S/C10H12N4O/c1-7-4-14-10(15-7)6-13-9-2-3-12-5-8(9)11/h2-5H,6,11H2,1H3,(H,12,13). The SMILES string of the molecule is Cc1cnc(CNc2ccncc2N)o1. The molecule has 5 nitrogen and oxygen atoms in total. The highest BCUT2D eigenvalue weighted by Gasteiger charge is 2.01. The maximum atomic E-state index is 5.71. The van der Waals surface area contributed by atoms with E-state index in [2.05, 4.69) is 15.3 Å². The van der Waals surface area contributed by atoms with Gasteiger partial charge in [0, 0.05) is 6.20 Å². The second kappa shape index (κ2) is 4.00. The smallest absolute Gasteiger partial charge is 0.213 e. The summed E-state index contributed by atoms with van der Waals surface area (Å²) in [5.74, 6) is 1.44. The first kappa shape index (κ1) is 9.51. The van der Waals surface area contributed by atoms with Crippen LogP contribution in [0.4, 0.5) is 11.4 Å². The summed E-state index contributed by atoms with van der Waals surface area (Å²) in [6, 6.07) is 1.81. The average molecular weight is 204 g/mol. The Bertz CT molecular complexity index is 452. The normalized spacial score (nSPS) is 10.2. The molecule has 0 aliphatic carbocycles. The van der Waals surface area contributed by atoms with Crippen LogP contribution in [0.25, 0.3) is 0 Å². The van der Waals surface area contributed by atoms with E-state index < -0.39 is 0 Å². The third-order valence-corrected chi connectivity index (χ3v) is 1.95. The number of nitrogens with zero attached hydrogens (tertiary/aromatic N) is 2. The zero-order chi connectivity index (χ0) is 10.7. The van der Waals surface area contributed by atoms with Gasteiger partial charge < -0.3 is 15.5 Å². The predicted octanol–water partition coefficient (Wildman–Crippen LogP) is 1.57. The Morgan fingerprint density at radius 2 is 2.33 bits per heavy atom. The van der Waals surface area contributed by atoms with Crippen LogP contribution in [0.5, 0.6) is 0 Å². The molecule has 15 heavy (non-hydrogen) atoms. The van der Waals surface area contributed by atoms with E-state index in [1.807, 2.05) is 13.0 Å². The summed E-state index contributed by atoms with van der Waals surface area (Å²) in [7, 11) is 0. The molecule has 0 radical (unpaired) electrons. The summed E-state index contributed by atoms with van der Waals surface area (Å²) in [6.07, 6.45) is 4.97. The highest BCUT2D eigenvalue weighted by Crippen LogP contribution is 2.16. The zero-order valence-corrected chi connectivity index (χ0v) is 8.40. The summed E-state index contributed by atoms with van der Waals surface area (Å²) < 4.78 is 5.32. The quantitative estimate of drug-likeness (QED) is 0.793. The molecule has 2 heterocycles.